The lowest BCUT2D eigenvalue weighted by atomic mass is 10.0. The van der Waals surface area contributed by atoms with Crippen molar-refractivity contribution in [3.63, 3.8) is 0 Å². The molecule has 1 aromatic carbocycles. The highest BCUT2D eigenvalue weighted by Gasteiger charge is 2.25. The van der Waals surface area contributed by atoms with E-state index in [2.05, 4.69) is 29.0 Å². The lowest BCUT2D eigenvalue weighted by Crippen LogP contribution is -2.47. The van der Waals surface area contributed by atoms with Gasteiger partial charge >= 0.3 is 0 Å². The van der Waals surface area contributed by atoms with Gasteiger partial charge in [0, 0.05) is 25.6 Å². The number of piperidine rings is 1. The van der Waals surface area contributed by atoms with Gasteiger partial charge in [-0.3, -0.25) is 4.79 Å². The molecule has 0 aromatic heterocycles. The van der Waals surface area contributed by atoms with Crippen LogP contribution in [0.2, 0.25) is 0 Å². The summed E-state index contributed by atoms with van der Waals surface area (Å²) in [6, 6.07) is 8.22. The van der Waals surface area contributed by atoms with Crippen LogP contribution in [0.25, 0.3) is 0 Å². The van der Waals surface area contributed by atoms with Gasteiger partial charge in [-0.15, -0.1) is 0 Å². The minimum Gasteiger partial charge on any atom is -0.343 e. The van der Waals surface area contributed by atoms with Gasteiger partial charge in [0.1, 0.15) is 0 Å². The fraction of sp³-hybridized carbons (Fsp3) is 0.611. The van der Waals surface area contributed by atoms with Gasteiger partial charge in [0.2, 0.25) is 15.9 Å². The standard InChI is InChI=1S/C18H28N2O3S/c1-3-14-24(22,23)19-17-10-12-20(13-11-17)18(21)9-8-16-6-4-15(2)5-7-16/h4-7,17,19H,3,8-14H2,1-2H3. The van der Waals surface area contributed by atoms with Crippen LogP contribution in [0.15, 0.2) is 24.3 Å². The van der Waals surface area contributed by atoms with Crippen LogP contribution in [-0.2, 0) is 21.2 Å². The van der Waals surface area contributed by atoms with Gasteiger partial charge in [0.15, 0.2) is 0 Å². The maximum atomic E-state index is 12.3. The van der Waals surface area contributed by atoms with E-state index >= 15 is 0 Å². The minimum atomic E-state index is -3.17. The summed E-state index contributed by atoms with van der Waals surface area (Å²) in [5.41, 5.74) is 2.40. The molecule has 0 radical (unpaired) electrons. The summed E-state index contributed by atoms with van der Waals surface area (Å²) < 4.78 is 26.4. The van der Waals surface area contributed by atoms with Crippen molar-refractivity contribution < 1.29 is 13.2 Å². The molecule has 24 heavy (non-hydrogen) atoms. The van der Waals surface area contributed by atoms with Gasteiger partial charge in [-0.05, 0) is 38.2 Å². The van der Waals surface area contributed by atoms with Crippen molar-refractivity contribution in [2.24, 2.45) is 0 Å². The van der Waals surface area contributed by atoms with Crippen LogP contribution in [0.3, 0.4) is 0 Å². The first-order valence-electron chi connectivity index (χ1n) is 8.73. The molecule has 0 unspecified atom stereocenters. The van der Waals surface area contributed by atoms with Crippen LogP contribution in [0, 0.1) is 6.92 Å². The third kappa shape index (κ3) is 5.91. The highest BCUT2D eigenvalue weighted by atomic mass is 32.2. The zero-order valence-corrected chi connectivity index (χ0v) is 15.4. The maximum Gasteiger partial charge on any atom is 0.222 e. The Bertz CT molecular complexity index is 633. The Hall–Kier alpha value is -1.40. The highest BCUT2D eigenvalue weighted by molar-refractivity contribution is 7.89. The molecule has 0 bridgehead atoms. The molecule has 5 nitrogen and oxygen atoms in total. The maximum absolute atomic E-state index is 12.3. The van der Waals surface area contributed by atoms with Gasteiger partial charge < -0.3 is 4.90 Å². The second kappa shape index (κ2) is 8.62. The largest absolute Gasteiger partial charge is 0.343 e. The van der Waals surface area contributed by atoms with E-state index in [0.717, 1.165) is 6.42 Å². The van der Waals surface area contributed by atoms with E-state index in [0.29, 0.717) is 38.8 Å². The lowest BCUT2D eigenvalue weighted by Gasteiger charge is -2.32. The molecular formula is C18H28N2O3S. The Kier molecular flexibility index (Phi) is 6.80. The Morgan fingerprint density at radius 3 is 2.42 bits per heavy atom. The van der Waals surface area contributed by atoms with Crippen molar-refractivity contribution in [3.05, 3.63) is 35.4 Å². The molecule has 0 saturated carbocycles. The summed E-state index contributed by atoms with van der Waals surface area (Å²) in [6.45, 7) is 5.17. The number of hydrogen-bond acceptors (Lipinski definition) is 3. The molecule has 134 valence electrons. The molecule has 1 aromatic rings. The number of rotatable bonds is 7. The number of amides is 1. The van der Waals surface area contributed by atoms with Crippen molar-refractivity contribution in [3.8, 4) is 0 Å². The third-order valence-corrected chi connectivity index (χ3v) is 6.05. The van der Waals surface area contributed by atoms with Crippen LogP contribution in [0.5, 0.6) is 0 Å². The topological polar surface area (TPSA) is 66.5 Å². The predicted molar refractivity (Wildman–Crippen MR) is 96.3 cm³/mol. The molecule has 1 amide bonds. The number of nitrogens with one attached hydrogen (secondary N) is 1. The SMILES string of the molecule is CCCS(=O)(=O)NC1CCN(C(=O)CCc2ccc(C)cc2)CC1. The minimum absolute atomic E-state index is 0.0392. The van der Waals surface area contributed by atoms with Gasteiger partial charge in [0.05, 0.1) is 5.75 Å². The van der Waals surface area contributed by atoms with Gasteiger partial charge in [0.25, 0.3) is 0 Å². The molecule has 1 N–H and O–H groups in total. The van der Waals surface area contributed by atoms with E-state index in [4.69, 9.17) is 0 Å². The summed E-state index contributed by atoms with van der Waals surface area (Å²) in [5, 5.41) is 0. The molecule has 6 heteroatoms. The molecule has 1 heterocycles. The Morgan fingerprint density at radius 2 is 1.83 bits per heavy atom. The second-order valence-corrected chi connectivity index (χ2v) is 8.45. The Labute approximate surface area is 145 Å². The molecule has 1 saturated heterocycles. The fourth-order valence-corrected chi connectivity index (χ4v) is 4.39. The van der Waals surface area contributed by atoms with Crippen molar-refractivity contribution >= 4 is 15.9 Å². The number of aryl methyl sites for hydroxylation is 2. The lowest BCUT2D eigenvalue weighted by molar-refractivity contribution is -0.132. The molecular weight excluding hydrogens is 324 g/mol. The summed E-state index contributed by atoms with van der Waals surface area (Å²) in [4.78, 5) is 14.2. The molecule has 0 aliphatic carbocycles. The molecule has 1 aliphatic rings. The number of sulfonamides is 1. The summed E-state index contributed by atoms with van der Waals surface area (Å²) >= 11 is 0. The van der Waals surface area contributed by atoms with Crippen LogP contribution in [0.4, 0.5) is 0 Å². The van der Waals surface area contributed by atoms with Crippen LogP contribution in [-0.4, -0.2) is 44.1 Å². The average Bonchev–Trinajstić information content (AvgIpc) is 2.54. The van der Waals surface area contributed by atoms with Crippen molar-refractivity contribution in [1.29, 1.82) is 0 Å². The van der Waals surface area contributed by atoms with E-state index in [-0.39, 0.29) is 17.7 Å². The fourth-order valence-electron chi connectivity index (χ4n) is 2.99. The van der Waals surface area contributed by atoms with Crippen molar-refractivity contribution in [2.75, 3.05) is 18.8 Å². The normalized spacial score (nSPS) is 16.3. The summed E-state index contributed by atoms with van der Waals surface area (Å²) in [5.74, 6) is 0.327. The van der Waals surface area contributed by atoms with Crippen LogP contribution >= 0.6 is 0 Å². The van der Waals surface area contributed by atoms with Gasteiger partial charge in [-0.1, -0.05) is 36.8 Å². The number of carbonyl (C=O) groups excluding carboxylic acids is 1. The smallest absolute Gasteiger partial charge is 0.222 e. The quantitative estimate of drug-likeness (QED) is 0.818. The zero-order valence-electron chi connectivity index (χ0n) is 14.6. The molecule has 1 aliphatic heterocycles. The zero-order chi connectivity index (χ0) is 17.6. The Morgan fingerprint density at radius 1 is 1.21 bits per heavy atom. The van der Waals surface area contributed by atoms with Crippen molar-refractivity contribution in [2.45, 2.75) is 52.0 Å². The number of likely N-dealkylation sites (tertiary alicyclic amines) is 1. The number of benzene rings is 1. The average molecular weight is 353 g/mol. The first-order chi connectivity index (χ1) is 11.4. The Balaban J connectivity index is 1.75. The van der Waals surface area contributed by atoms with Gasteiger partial charge in [-0.2, -0.15) is 0 Å². The summed E-state index contributed by atoms with van der Waals surface area (Å²) in [7, 11) is -3.17. The third-order valence-electron chi connectivity index (χ3n) is 4.41. The molecule has 2 rings (SSSR count). The number of hydrogen-bond donors (Lipinski definition) is 1. The number of nitrogens with zero attached hydrogens (tertiary/aromatic N) is 1. The molecule has 1 fully saturated rings. The monoisotopic (exact) mass is 352 g/mol. The van der Waals surface area contributed by atoms with Crippen molar-refractivity contribution in [1.82, 2.24) is 9.62 Å². The molecule has 0 spiro atoms. The highest BCUT2D eigenvalue weighted by Crippen LogP contribution is 2.14. The van der Waals surface area contributed by atoms with E-state index < -0.39 is 10.0 Å². The molecule has 0 atom stereocenters. The van der Waals surface area contributed by atoms with E-state index in [1.165, 1.54) is 11.1 Å². The second-order valence-electron chi connectivity index (χ2n) is 6.58. The van der Waals surface area contributed by atoms with E-state index in [1.807, 2.05) is 18.7 Å². The van der Waals surface area contributed by atoms with Gasteiger partial charge in [-0.25, -0.2) is 13.1 Å². The van der Waals surface area contributed by atoms with E-state index in [9.17, 15) is 13.2 Å². The van der Waals surface area contributed by atoms with E-state index in [1.54, 1.807) is 0 Å². The predicted octanol–water partition coefficient (Wildman–Crippen LogP) is 2.25. The van der Waals surface area contributed by atoms with Crippen LogP contribution in [0.1, 0.15) is 43.7 Å². The number of carbonyl (C=O) groups is 1. The first-order valence-corrected chi connectivity index (χ1v) is 10.4. The first kappa shape index (κ1) is 18.9. The summed E-state index contributed by atoms with van der Waals surface area (Å²) in [6.07, 6.45) is 3.27. The van der Waals surface area contributed by atoms with Crippen LogP contribution < -0.4 is 4.72 Å².